The van der Waals surface area contributed by atoms with E-state index >= 15 is 0 Å². The molecule has 2 rings (SSSR count). The summed E-state index contributed by atoms with van der Waals surface area (Å²) < 4.78 is 19.9. The molecule has 0 heterocycles. The first-order valence-corrected chi connectivity index (χ1v) is 7.27. The van der Waals surface area contributed by atoms with Crippen LogP contribution in [-0.4, -0.2) is 7.05 Å². The summed E-state index contributed by atoms with van der Waals surface area (Å²) >= 11 is 9.19. The molecular formula is C15H14BrClFNO. The Labute approximate surface area is 131 Å². The van der Waals surface area contributed by atoms with Gasteiger partial charge in [0.15, 0.2) is 0 Å². The van der Waals surface area contributed by atoms with E-state index in [4.69, 9.17) is 16.3 Å². The first kappa shape index (κ1) is 15.3. The molecule has 106 valence electrons. The lowest BCUT2D eigenvalue weighted by atomic mass is 10.2. The second-order valence-corrected chi connectivity index (χ2v) is 5.64. The van der Waals surface area contributed by atoms with E-state index in [1.165, 1.54) is 6.07 Å². The normalized spacial score (nSPS) is 10.6. The van der Waals surface area contributed by atoms with Gasteiger partial charge in [-0.3, -0.25) is 0 Å². The molecule has 5 heteroatoms. The van der Waals surface area contributed by atoms with Crippen LogP contribution in [0.3, 0.4) is 0 Å². The third kappa shape index (κ3) is 3.95. The van der Waals surface area contributed by atoms with Crippen LogP contribution in [0.15, 0.2) is 40.9 Å². The molecule has 0 aromatic heterocycles. The first-order valence-electron chi connectivity index (χ1n) is 6.10. The van der Waals surface area contributed by atoms with Crippen LogP contribution >= 0.6 is 27.5 Å². The van der Waals surface area contributed by atoms with Gasteiger partial charge in [0.05, 0.1) is 5.02 Å². The molecule has 2 aromatic rings. The maximum atomic E-state index is 13.1. The topological polar surface area (TPSA) is 21.3 Å². The van der Waals surface area contributed by atoms with Crippen molar-refractivity contribution in [3.63, 3.8) is 0 Å². The summed E-state index contributed by atoms with van der Waals surface area (Å²) in [5.41, 5.74) is 1.88. The van der Waals surface area contributed by atoms with E-state index in [1.807, 2.05) is 25.2 Å². The van der Waals surface area contributed by atoms with Gasteiger partial charge in [-0.2, -0.15) is 0 Å². The molecule has 0 saturated carbocycles. The first-order chi connectivity index (χ1) is 9.60. The monoisotopic (exact) mass is 357 g/mol. The molecule has 2 nitrogen and oxygen atoms in total. The number of nitrogens with one attached hydrogen (secondary N) is 1. The van der Waals surface area contributed by atoms with Crippen molar-refractivity contribution in [3.8, 4) is 5.75 Å². The molecule has 0 fully saturated rings. The number of halogens is 3. The Morgan fingerprint density at radius 2 is 2.05 bits per heavy atom. The van der Waals surface area contributed by atoms with Crippen LogP contribution < -0.4 is 10.1 Å². The summed E-state index contributed by atoms with van der Waals surface area (Å²) in [6.45, 7) is 1.05. The Hall–Kier alpha value is -1.10. The van der Waals surface area contributed by atoms with Crippen molar-refractivity contribution in [1.82, 2.24) is 5.32 Å². The number of hydrogen-bond acceptors (Lipinski definition) is 2. The fourth-order valence-corrected chi connectivity index (χ4v) is 2.42. The SMILES string of the molecule is CNCc1cc(Br)ccc1OCc1ccc(F)c(Cl)c1. The summed E-state index contributed by atoms with van der Waals surface area (Å²) in [6.07, 6.45) is 0. The molecule has 0 unspecified atom stereocenters. The molecule has 0 amide bonds. The number of hydrogen-bond donors (Lipinski definition) is 1. The van der Waals surface area contributed by atoms with Crippen molar-refractivity contribution in [2.45, 2.75) is 13.2 Å². The van der Waals surface area contributed by atoms with E-state index in [0.29, 0.717) is 13.2 Å². The number of benzene rings is 2. The number of ether oxygens (including phenoxy) is 1. The van der Waals surface area contributed by atoms with Gasteiger partial charge in [-0.05, 0) is 42.9 Å². The summed E-state index contributed by atoms with van der Waals surface area (Å²) in [4.78, 5) is 0. The molecule has 2 aromatic carbocycles. The molecule has 0 aliphatic heterocycles. The predicted octanol–water partition coefficient (Wildman–Crippen LogP) is 4.54. The Morgan fingerprint density at radius 3 is 2.75 bits per heavy atom. The lowest BCUT2D eigenvalue weighted by Crippen LogP contribution is -2.07. The fourth-order valence-electron chi connectivity index (χ4n) is 1.81. The van der Waals surface area contributed by atoms with Crippen LogP contribution in [0.2, 0.25) is 5.02 Å². The van der Waals surface area contributed by atoms with E-state index in [-0.39, 0.29) is 5.02 Å². The molecule has 0 radical (unpaired) electrons. The molecule has 20 heavy (non-hydrogen) atoms. The zero-order valence-corrected chi connectivity index (χ0v) is 13.3. The molecule has 0 aliphatic carbocycles. The van der Waals surface area contributed by atoms with Gasteiger partial charge >= 0.3 is 0 Å². The van der Waals surface area contributed by atoms with Gasteiger partial charge in [0.1, 0.15) is 18.2 Å². The van der Waals surface area contributed by atoms with Crippen molar-refractivity contribution in [3.05, 3.63) is 62.8 Å². The summed E-state index contributed by atoms with van der Waals surface area (Å²) in [5.74, 6) is 0.373. The van der Waals surface area contributed by atoms with Crippen LogP contribution in [0, 0.1) is 5.82 Å². The minimum absolute atomic E-state index is 0.109. The van der Waals surface area contributed by atoms with Crippen molar-refractivity contribution in [2.75, 3.05) is 7.05 Å². The van der Waals surface area contributed by atoms with Crippen LogP contribution in [-0.2, 0) is 13.2 Å². The van der Waals surface area contributed by atoms with Crippen molar-refractivity contribution >= 4 is 27.5 Å². The lowest BCUT2D eigenvalue weighted by Gasteiger charge is -2.12. The van der Waals surface area contributed by atoms with E-state index in [0.717, 1.165) is 21.3 Å². The van der Waals surface area contributed by atoms with Gasteiger partial charge in [0.2, 0.25) is 0 Å². The largest absolute Gasteiger partial charge is 0.489 e. The smallest absolute Gasteiger partial charge is 0.141 e. The minimum Gasteiger partial charge on any atom is -0.489 e. The highest BCUT2D eigenvalue weighted by atomic mass is 79.9. The second-order valence-electron chi connectivity index (χ2n) is 4.32. The molecule has 0 aliphatic rings. The molecule has 0 bridgehead atoms. The highest BCUT2D eigenvalue weighted by Crippen LogP contribution is 2.24. The van der Waals surface area contributed by atoms with Gasteiger partial charge in [-0.25, -0.2) is 4.39 Å². The van der Waals surface area contributed by atoms with E-state index in [1.54, 1.807) is 12.1 Å². The molecule has 0 atom stereocenters. The van der Waals surface area contributed by atoms with Gasteiger partial charge in [-0.15, -0.1) is 0 Å². The average Bonchev–Trinajstić information content (AvgIpc) is 2.42. The molecule has 1 N–H and O–H groups in total. The highest BCUT2D eigenvalue weighted by molar-refractivity contribution is 9.10. The van der Waals surface area contributed by atoms with Crippen molar-refractivity contribution in [1.29, 1.82) is 0 Å². The van der Waals surface area contributed by atoms with Gasteiger partial charge in [-0.1, -0.05) is 33.6 Å². The summed E-state index contributed by atoms with van der Waals surface area (Å²) in [7, 11) is 1.88. The fraction of sp³-hybridized carbons (Fsp3) is 0.200. The predicted molar refractivity (Wildman–Crippen MR) is 82.6 cm³/mol. The molecule has 0 saturated heterocycles. The highest BCUT2D eigenvalue weighted by Gasteiger charge is 2.06. The van der Waals surface area contributed by atoms with Crippen LogP contribution in [0.25, 0.3) is 0 Å². The minimum atomic E-state index is -0.421. The third-order valence-corrected chi connectivity index (χ3v) is 3.55. The van der Waals surface area contributed by atoms with Crippen molar-refractivity contribution in [2.24, 2.45) is 0 Å². The Kier molecular flexibility index (Phi) is 5.40. The molecular weight excluding hydrogens is 345 g/mol. The zero-order valence-electron chi connectivity index (χ0n) is 10.9. The van der Waals surface area contributed by atoms with E-state index in [2.05, 4.69) is 21.2 Å². The summed E-state index contributed by atoms with van der Waals surface area (Å²) in [5, 5.41) is 3.20. The zero-order chi connectivity index (χ0) is 14.5. The quantitative estimate of drug-likeness (QED) is 0.847. The lowest BCUT2D eigenvalue weighted by molar-refractivity contribution is 0.302. The number of rotatable bonds is 5. The van der Waals surface area contributed by atoms with E-state index in [9.17, 15) is 4.39 Å². The van der Waals surface area contributed by atoms with Gasteiger partial charge < -0.3 is 10.1 Å². The Morgan fingerprint density at radius 1 is 1.25 bits per heavy atom. The average molecular weight is 359 g/mol. The van der Waals surface area contributed by atoms with Crippen molar-refractivity contribution < 1.29 is 9.13 Å². The third-order valence-electron chi connectivity index (χ3n) is 2.77. The van der Waals surface area contributed by atoms with Gasteiger partial charge in [0.25, 0.3) is 0 Å². The Bertz CT molecular complexity index is 606. The van der Waals surface area contributed by atoms with Crippen LogP contribution in [0.1, 0.15) is 11.1 Å². The maximum Gasteiger partial charge on any atom is 0.141 e. The Balaban J connectivity index is 2.11. The second kappa shape index (κ2) is 7.07. The molecule has 0 spiro atoms. The maximum absolute atomic E-state index is 13.1. The standard InChI is InChI=1S/C15H14BrClFNO/c1-19-8-11-7-12(16)3-5-15(11)20-9-10-2-4-14(18)13(17)6-10/h2-7,19H,8-9H2,1H3. The van der Waals surface area contributed by atoms with Crippen LogP contribution in [0.4, 0.5) is 4.39 Å². The van der Waals surface area contributed by atoms with Crippen LogP contribution in [0.5, 0.6) is 5.75 Å². The van der Waals surface area contributed by atoms with E-state index < -0.39 is 5.82 Å². The summed E-state index contributed by atoms with van der Waals surface area (Å²) in [6, 6.07) is 10.4. The van der Waals surface area contributed by atoms with Gasteiger partial charge in [0, 0.05) is 16.6 Å².